The number of hydrogen-bond acceptors (Lipinski definition) is 5. The third kappa shape index (κ3) is 5.80. The van der Waals surface area contributed by atoms with E-state index in [2.05, 4.69) is 18.6 Å². The van der Waals surface area contributed by atoms with Gasteiger partial charge in [0.1, 0.15) is 10.6 Å². The first-order chi connectivity index (χ1) is 10.7. The van der Waals surface area contributed by atoms with Crippen LogP contribution in [0, 0.1) is 16.0 Å². The van der Waals surface area contributed by atoms with Crippen molar-refractivity contribution < 1.29 is 18.1 Å². The molecule has 23 heavy (non-hydrogen) atoms. The molecule has 0 fully saturated rings. The molecule has 1 atom stereocenters. The summed E-state index contributed by atoms with van der Waals surface area (Å²) in [5.74, 6) is 0.646. The van der Waals surface area contributed by atoms with Crippen LogP contribution in [-0.4, -0.2) is 26.5 Å². The maximum atomic E-state index is 12.5. The topological polar surface area (TPSA) is 98.5 Å². The number of nitrogens with one attached hydrogen (secondary N) is 1. The molecule has 0 aromatic heterocycles. The largest absolute Gasteiger partial charge is 0.495 e. The van der Waals surface area contributed by atoms with E-state index in [0.29, 0.717) is 12.3 Å². The summed E-state index contributed by atoms with van der Waals surface area (Å²) in [7, 11) is -2.56. The number of hydrogen-bond donors (Lipinski definition) is 1. The number of nitrogens with zero attached hydrogens (tertiary/aromatic N) is 1. The average molecular weight is 344 g/mol. The van der Waals surface area contributed by atoms with E-state index in [9.17, 15) is 18.5 Å². The van der Waals surface area contributed by atoms with Gasteiger partial charge in [-0.25, -0.2) is 13.1 Å². The Kier molecular flexibility index (Phi) is 6.96. The average Bonchev–Trinajstić information content (AvgIpc) is 2.45. The number of methoxy groups -OCH3 is 1. The molecule has 0 bridgehead atoms. The van der Waals surface area contributed by atoms with Gasteiger partial charge in [0.2, 0.25) is 10.0 Å². The van der Waals surface area contributed by atoms with Gasteiger partial charge in [-0.05, 0) is 25.3 Å². The Morgan fingerprint density at radius 2 is 1.91 bits per heavy atom. The fourth-order valence-corrected chi connectivity index (χ4v) is 3.68. The minimum absolute atomic E-state index is 0.0810. The molecule has 7 nitrogen and oxygen atoms in total. The van der Waals surface area contributed by atoms with E-state index >= 15 is 0 Å². The van der Waals surface area contributed by atoms with Crippen LogP contribution in [0.3, 0.4) is 0 Å². The Morgan fingerprint density at radius 1 is 1.26 bits per heavy atom. The minimum atomic E-state index is -3.89. The number of nitro groups is 1. The molecule has 0 aliphatic heterocycles. The van der Waals surface area contributed by atoms with Crippen LogP contribution in [0.15, 0.2) is 23.1 Å². The van der Waals surface area contributed by atoms with Gasteiger partial charge in [0.15, 0.2) is 0 Å². The second kappa shape index (κ2) is 8.26. The highest BCUT2D eigenvalue weighted by Crippen LogP contribution is 2.28. The van der Waals surface area contributed by atoms with Crippen molar-refractivity contribution in [3.05, 3.63) is 28.3 Å². The SMILES string of the molecule is COc1ccc([N+](=O)[O-])cc1S(=O)(=O)NC(C)CCCC(C)C. The van der Waals surface area contributed by atoms with E-state index < -0.39 is 14.9 Å². The minimum Gasteiger partial charge on any atom is -0.495 e. The van der Waals surface area contributed by atoms with Gasteiger partial charge in [-0.3, -0.25) is 10.1 Å². The number of rotatable bonds is 9. The zero-order valence-electron chi connectivity index (χ0n) is 13.9. The van der Waals surface area contributed by atoms with E-state index in [1.807, 2.05) is 0 Å². The number of non-ortho nitro benzene ring substituents is 1. The molecule has 0 spiro atoms. The van der Waals surface area contributed by atoms with E-state index in [-0.39, 0.29) is 22.4 Å². The highest BCUT2D eigenvalue weighted by molar-refractivity contribution is 7.89. The fraction of sp³-hybridized carbons (Fsp3) is 0.600. The van der Waals surface area contributed by atoms with Gasteiger partial charge in [-0.15, -0.1) is 0 Å². The third-order valence-electron chi connectivity index (χ3n) is 3.42. The monoisotopic (exact) mass is 344 g/mol. The van der Waals surface area contributed by atoms with Crippen molar-refractivity contribution in [1.82, 2.24) is 4.72 Å². The Hall–Kier alpha value is -1.67. The van der Waals surface area contributed by atoms with Gasteiger partial charge in [-0.1, -0.05) is 26.7 Å². The second-order valence-corrected chi connectivity index (χ2v) is 7.62. The summed E-state index contributed by atoms with van der Waals surface area (Å²) < 4.78 is 32.5. The standard InChI is InChI=1S/C15H24N2O5S/c1-11(2)6-5-7-12(3)16-23(20,21)15-10-13(17(18)19)8-9-14(15)22-4/h8-12,16H,5-7H2,1-4H3. The first-order valence-electron chi connectivity index (χ1n) is 7.52. The maximum Gasteiger partial charge on any atom is 0.271 e. The molecule has 0 saturated carbocycles. The lowest BCUT2D eigenvalue weighted by atomic mass is 10.0. The molecular weight excluding hydrogens is 320 g/mol. The van der Waals surface area contributed by atoms with Crippen molar-refractivity contribution in [2.45, 2.75) is 51.0 Å². The molecule has 0 heterocycles. The molecule has 8 heteroatoms. The van der Waals surface area contributed by atoms with Gasteiger partial charge in [0.25, 0.3) is 5.69 Å². The zero-order valence-corrected chi connectivity index (χ0v) is 14.7. The fourth-order valence-electron chi connectivity index (χ4n) is 2.21. The van der Waals surface area contributed by atoms with Crippen molar-refractivity contribution in [2.75, 3.05) is 7.11 Å². The lowest BCUT2D eigenvalue weighted by Gasteiger charge is -2.16. The lowest BCUT2D eigenvalue weighted by Crippen LogP contribution is -2.32. The molecular formula is C15H24N2O5S. The van der Waals surface area contributed by atoms with Crippen molar-refractivity contribution in [2.24, 2.45) is 5.92 Å². The summed E-state index contributed by atoms with van der Waals surface area (Å²) in [4.78, 5) is 10.0. The Bertz CT molecular complexity index is 643. The van der Waals surface area contributed by atoms with Crippen LogP contribution >= 0.6 is 0 Å². The van der Waals surface area contributed by atoms with Gasteiger partial charge in [0, 0.05) is 18.2 Å². The van der Waals surface area contributed by atoms with E-state index in [1.54, 1.807) is 6.92 Å². The van der Waals surface area contributed by atoms with Crippen molar-refractivity contribution in [1.29, 1.82) is 0 Å². The third-order valence-corrected chi connectivity index (χ3v) is 5.03. The molecule has 0 amide bonds. The van der Waals surface area contributed by atoms with Gasteiger partial charge < -0.3 is 4.74 Å². The molecule has 0 radical (unpaired) electrons. The Labute approximate surface area is 137 Å². The summed E-state index contributed by atoms with van der Waals surface area (Å²) in [5.41, 5.74) is -0.293. The van der Waals surface area contributed by atoms with E-state index in [4.69, 9.17) is 4.74 Å². The lowest BCUT2D eigenvalue weighted by molar-refractivity contribution is -0.385. The zero-order chi connectivity index (χ0) is 17.6. The molecule has 1 aromatic carbocycles. The van der Waals surface area contributed by atoms with E-state index in [0.717, 1.165) is 18.9 Å². The quantitative estimate of drug-likeness (QED) is 0.548. The van der Waals surface area contributed by atoms with Crippen LogP contribution in [0.5, 0.6) is 5.75 Å². The summed E-state index contributed by atoms with van der Waals surface area (Å²) in [6.07, 6.45) is 2.63. The molecule has 0 aliphatic rings. The Balaban J connectivity index is 2.94. The normalized spacial score (nSPS) is 13.1. The summed E-state index contributed by atoms with van der Waals surface area (Å²) in [6, 6.07) is 3.25. The second-order valence-electron chi connectivity index (χ2n) is 5.94. The van der Waals surface area contributed by atoms with Crippen LogP contribution in [0.4, 0.5) is 5.69 Å². The summed E-state index contributed by atoms with van der Waals surface area (Å²) in [5, 5.41) is 10.9. The summed E-state index contributed by atoms with van der Waals surface area (Å²) in [6.45, 7) is 6.01. The Morgan fingerprint density at radius 3 is 2.43 bits per heavy atom. The van der Waals surface area contributed by atoms with E-state index in [1.165, 1.54) is 19.2 Å². The number of benzene rings is 1. The molecule has 130 valence electrons. The first-order valence-corrected chi connectivity index (χ1v) is 9.00. The molecule has 1 unspecified atom stereocenters. The smallest absolute Gasteiger partial charge is 0.271 e. The molecule has 1 N–H and O–H groups in total. The first kappa shape index (κ1) is 19.4. The number of ether oxygens (including phenoxy) is 1. The van der Waals surface area contributed by atoms with Crippen molar-refractivity contribution in [3.8, 4) is 5.75 Å². The molecule has 0 saturated heterocycles. The molecule has 1 aromatic rings. The predicted octanol–water partition coefficient (Wildman–Crippen LogP) is 3.10. The van der Waals surface area contributed by atoms with Gasteiger partial charge in [-0.2, -0.15) is 0 Å². The summed E-state index contributed by atoms with van der Waals surface area (Å²) >= 11 is 0. The maximum absolute atomic E-state index is 12.5. The number of nitro benzene ring substituents is 1. The van der Waals surface area contributed by atoms with Crippen LogP contribution in [0.25, 0.3) is 0 Å². The van der Waals surface area contributed by atoms with Crippen LogP contribution < -0.4 is 9.46 Å². The van der Waals surface area contributed by atoms with Crippen LogP contribution in [0.2, 0.25) is 0 Å². The highest BCUT2D eigenvalue weighted by atomic mass is 32.2. The molecule has 1 rings (SSSR count). The van der Waals surface area contributed by atoms with Crippen molar-refractivity contribution >= 4 is 15.7 Å². The van der Waals surface area contributed by atoms with Crippen LogP contribution in [-0.2, 0) is 10.0 Å². The highest BCUT2D eigenvalue weighted by Gasteiger charge is 2.24. The van der Waals surface area contributed by atoms with Crippen molar-refractivity contribution in [3.63, 3.8) is 0 Å². The van der Waals surface area contributed by atoms with Gasteiger partial charge >= 0.3 is 0 Å². The molecule has 0 aliphatic carbocycles. The van der Waals surface area contributed by atoms with Crippen LogP contribution in [0.1, 0.15) is 40.0 Å². The number of sulfonamides is 1. The predicted molar refractivity (Wildman–Crippen MR) is 88.1 cm³/mol. The van der Waals surface area contributed by atoms with Gasteiger partial charge in [0.05, 0.1) is 12.0 Å².